The van der Waals surface area contributed by atoms with Gasteiger partial charge in [-0.05, 0) is 27.3 Å². The highest BCUT2D eigenvalue weighted by atomic mass is 16.6. The van der Waals surface area contributed by atoms with E-state index in [-0.39, 0.29) is 24.5 Å². The highest BCUT2D eigenvalue weighted by Gasteiger charge is 2.51. The summed E-state index contributed by atoms with van der Waals surface area (Å²) in [5, 5.41) is 21.2. The molecule has 118 valence electrons. The summed E-state index contributed by atoms with van der Waals surface area (Å²) in [7, 11) is 3.89. The van der Waals surface area contributed by atoms with Crippen LogP contribution in [0.5, 0.6) is 0 Å². The number of aliphatic hydroxyl groups excluding tert-OH is 2. The third-order valence-electron chi connectivity index (χ3n) is 4.78. The minimum Gasteiger partial charge on any atom is -0.394 e. The van der Waals surface area contributed by atoms with Crippen LogP contribution in [0.1, 0.15) is 20.3 Å². The van der Waals surface area contributed by atoms with Gasteiger partial charge in [0.15, 0.2) is 0 Å². The van der Waals surface area contributed by atoms with Crippen LogP contribution >= 0.6 is 0 Å². The summed E-state index contributed by atoms with van der Waals surface area (Å²) >= 11 is 0. The quantitative estimate of drug-likeness (QED) is 0.543. The molecule has 2 heterocycles. The number of rotatable bonds is 7. The van der Waals surface area contributed by atoms with Crippen LogP contribution in [0.2, 0.25) is 0 Å². The topological polar surface area (TPSA) is 77.5 Å². The van der Waals surface area contributed by atoms with E-state index in [9.17, 15) is 5.11 Å². The van der Waals surface area contributed by atoms with Crippen molar-refractivity contribution in [3.8, 4) is 0 Å². The van der Waals surface area contributed by atoms with Crippen molar-refractivity contribution in [2.45, 2.75) is 50.3 Å². The minimum absolute atomic E-state index is 0.00643. The van der Waals surface area contributed by atoms with E-state index in [1.54, 1.807) is 7.11 Å². The molecule has 0 radical (unpaired) electrons. The van der Waals surface area contributed by atoms with Crippen LogP contribution in [0.25, 0.3) is 0 Å². The first-order chi connectivity index (χ1) is 9.39. The van der Waals surface area contributed by atoms with E-state index in [0.29, 0.717) is 18.5 Å². The van der Waals surface area contributed by atoms with Crippen LogP contribution in [0, 0.1) is 5.92 Å². The van der Waals surface area contributed by atoms with Gasteiger partial charge in [-0.15, -0.1) is 0 Å². The Kier molecular flexibility index (Phi) is 5.05. The van der Waals surface area contributed by atoms with E-state index >= 15 is 0 Å². The van der Waals surface area contributed by atoms with Crippen molar-refractivity contribution in [1.29, 1.82) is 0 Å². The lowest BCUT2D eigenvalue weighted by atomic mass is 9.88. The maximum atomic E-state index is 9.32. The summed E-state index contributed by atoms with van der Waals surface area (Å²) in [5.74, 6) is 0.496. The highest BCUT2D eigenvalue weighted by molar-refractivity contribution is 5.01. The standard InChI is InChI=1S/C14H28N2O4/c1-14(2,19-4)9-5-11(16(3)7-9)12-13(20-12)15-6-10(18)8-17/h9-13,15,17-18H,5-8H2,1-4H3. The maximum Gasteiger partial charge on any atom is 0.136 e. The zero-order valence-corrected chi connectivity index (χ0v) is 12.9. The molecule has 2 aliphatic heterocycles. The number of epoxide rings is 1. The summed E-state index contributed by atoms with van der Waals surface area (Å²) in [5.41, 5.74) is -0.117. The average molecular weight is 288 g/mol. The lowest BCUT2D eigenvalue weighted by Gasteiger charge is -2.29. The smallest absolute Gasteiger partial charge is 0.136 e. The molecular formula is C14H28N2O4. The number of aliphatic hydroxyl groups is 2. The number of nitrogens with zero attached hydrogens (tertiary/aromatic N) is 1. The summed E-state index contributed by atoms with van der Waals surface area (Å²) in [4.78, 5) is 2.33. The first-order valence-corrected chi connectivity index (χ1v) is 7.32. The van der Waals surface area contributed by atoms with Gasteiger partial charge in [0.05, 0.1) is 18.3 Å². The van der Waals surface area contributed by atoms with Crippen molar-refractivity contribution in [3.63, 3.8) is 0 Å². The normalized spacial score (nSPS) is 36.3. The molecule has 0 amide bonds. The first-order valence-electron chi connectivity index (χ1n) is 7.32. The second-order valence-corrected chi connectivity index (χ2v) is 6.51. The molecular weight excluding hydrogens is 260 g/mol. The fraction of sp³-hybridized carbons (Fsp3) is 1.00. The molecule has 0 bridgehead atoms. The highest BCUT2D eigenvalue weighted by Crippen LogP contribution is 2.39. The Morgan fingerprint density at radius 3 is 2.80 bits per heavy atom. The van der Waals surface area contributed by atoms with Crippen molar-refractivity contribution in [2.75, 3.05) is 33.9 Å². The van der Waals surface area contributed by atoms with Gasteiger partial charge in [-0.25, -0.2) is 0 Å². The molecule has 3 N–H and O–H groups in total. The zero-order chi connectivity index (χ0) is 14.9. The van der Waals surface area contributed by atoms with Gasteiger partial charge in [0.2, 0.25) is 0 Å². The van der Waals surface area contributed by atoms with Crippen molar-refractivity contribution < 1.29 is 19.7 Å². The molecule has 0 aromatic rings. The average Bonchev–Trinajstić information content (AvgIpc) is 3.09. The summed E-state index contributed by atoms with van der Waals surface area (Å²) in [6.07, 6.45) is 0.501. The van der Waals surface area contributed by atoms with Crippen LogP contribution in [0.3, 0.4) is 0 Å². The predicted molar refractivity (Wildman–Crippen MR) is 75.4 cm³/mol. The largest absolute Gasteiger partial charge is 0.394 e. The van der Waals surface area contributed by atoms with Gasteiger partial charge in [-0.1, -0.05) is 0 Å². The summed E-state index contributed by atoms with van der Waals surface area (Å²) in [6.45, 7) is 5.42. The van der Waals surface area contributed by atoms with Crippen molar-refractivity contribution in [1.82, 2.24) is 10.2 Å². The Labute approximate surface area is 121 Å². The fourth-order valence-corrected chi connectivity index (χ4v) is 2.98. The molecule has 0 saturated carbocycles. The van der Waals surface area contributed by atoms with Crippen LogP contribution in [-0.4, -0.2) is 79.0 Å². The number of likely N-dealkylation sites (tertiary alicyclic amines) is 1. The lowest BCUT2D eigenvalue weighted by molar-refractivity contribution is -0.0240. The van der Waals surface area contributed by atoms with Crippen molar-refractivity contribution >= 4 is 0 Å². The molecule has 2 saturated heterocycles. The predicted octanol–water partition coefficient (Wildman–Crippen LogP) is -0.601. The summed E-state index contributed by atoms with van der Waals surface area (Å²) < 4.78 is 11.3. The van der Waals surface area contributed by atoms with Gasteiger partial charge < -0.3 is 24.6 Å². The molecule has 6 nitrogen and oxygen atoms in total. The molecule has 2 fully saturated rings. The second-order valence-electron chi connectivity index (χ2n) is 6.51. The molecule has 2 aliphatic rings. The van der Waals surface area contributed by atoms with Crippen LogP contribution in [0.4, 0.5) is 0 Å². The first kappa shape index (κ1) is 16.1. The second kappa shape index (κ2) is 6.25. The molecule has 2 rings (SSSR count). The Bertz CT molecular complexity index is 326. The van der Waals surface area contributed by atoms with Crippen LogP contribution in [0.15, 0.2) is 0 Å². The third-order valence-corrected chi connectivity index (χ3v) is 4.78. The molecule has 20 heavy (non-hydrogen) atoms. The minimum atomic E-state index is -0.721. The van der Waals surface area contributed by atoms with E-state index in [0.717, 1.165) is 13.0 Å². The van der Waals surface area contributed by atoms with E-state index in [1.165, 1.54) is 0 Å². The Morgan fingerprint density at radius 1 is 1.50 bits per heavy atom. The molecule has 5 unspecified atom stereocenters. The van der Waals surface area contributed by atoms with Crippen molar-refractivity contribution in [3.05, 3.63) is 0 Å². The number of nitrogens with one attached hydrogen (secondary N) is 1. The molecule has 6 heteroatoms. The number of likely N-dealkylation sites (N-methyl/N-ethyl adjacent to an activating group) is 1. The van der Waals surface area contributed by atoms with Crippen LogP contribution in [-0.2, 0) is 9.47 Å². The van der Waals surface area contributed by atoms with Crippen molar-refractivity contribution in [2.24, 2.45) is 5.92 Å². The molecule has 0 spiro atoms. The van der Waals surface area contributed by atoms with E-state index < -0.39 is 6.10 Å². The van der Waals surface area contributed by atoms with E-state index in [2.05, 4.69) is 31.1 Å². The van der Waals surface area contributed by atoms with E-state index in [4.69, 9.17) is 14.6 Å². The molecule has 0 aromatic heterocycles. The zero-order valence-electron chi connectivity index (χ0n) is 12.9. The monoisotopic (exact) mass is 288 g/mol. The Hall–Kier alpha value is -0.240. The molecule has 5 atom stereocenters. The molecule has 0 aromatic carbocycles. The van der Waals surface area contributed by atoms with Gasteiger partial charge >= 0.3 is 0 Å². The van der Waals surface area contributed by atoms with Gasteiger partial charge in [-0.2, -0.15) is 0 Å². The summed E-state index contributed by atoms with van der Waals surface area (Å²) in [6, 6.07) is 0.387. The van der Waals surface area contributed by atoms with Gasteiger partial charge in [-0.3, -0.25) is 5.32 Å². The number of hydrogen-bond acceptors (Lipinski definition) is 6. The number of hydrogen-bond donors (Lipinski definition) is 3. The third kappa shape index (κ3) is 3.50. The van der Waals surface area contributed by atoms with Gasteiger partial charge in [0, 0.05) is 32.2 Å². The Morgan fingerprint density at radius 2 is 2.20 bits per heavy atom. The van der Waals surface area contributed by atoms with Crippen LogP contribution < -0.4 is 5.32 Å². The Balaban J connectivity index is 1.80. The number of ether oxygens (including phenoxy) is 2. The van der Waals surface area contributed by atoms with Gasteiger partial charge in [0.25, 0.3) is 0 Å². The van der Waals surface area contributed by atoms with E-state index in [1.807, 2.05) is 0 Å². The maximum absolute atomic E-state index is 9.32. The SMILES string of the molecule is COC(C)(C)C1CC(C2OC2NCC(O)CO)N(C)C1. The fourth-order valence-electron chi connectivity index (χ4n) is 2.98. The molecule has 0 aliphatic carbocycles. The number of methoxy groups -OCH3 is 1. The van der Waals surface area contributed by atoms with Gasteiger partial charge in [0.1, 0.15) is 12.3 Å². The lowest BCUT2D eigenvalue weighted by Crippen LogP contribution is -2.37.